The number of hydrogen-bond acceptors (Lipinski definition) is 5. The Morgan fingerprint density at radius 3 is 2.57 bits per heavy atom. The standard InChI is InChI=1S/C23H29ClN2O4/c1-4-30-22-19(24)13-18(14-21(22)28-3)23(27)25-20(15-26-9-11-29-12-10-26)17-7-5-16(2)6-8-17/h5-8,13-14,20H,4,9-12,15H2,1-3H3,(H,25,27). The molecule has 1 atom stereocenters. The third-order valence-electron chi connectivity index (χ3n) is 5.11. The molecule has 0 bridgehead atoms. The largest absolute Gasteiger partial charge is 0.493 e. The molecule has 1 heterocycles. The van der Waals surface area contributed by atoms with Crippen LogP contribution in [0.15, 0.2) is 36.4 Å². The number of hydrogen-bond donors (Lipinski definition) is 1. The minimum absolute atomic E-state index is 0.160. The maximum absolute atomic E-state index is 13.1. The highest BCUT2D eigenvalue weighted by Gasteiger charge is 2.22. The number of benzene rings is 2. The maximum atomic E-state index is 13.1. The molecule has 1 saturated heterocycles. The summed E-state index contributed by atoms with van der Waals surface area (Å²) in [7, 11) is 1.53. The number of methoxy groups -OCH3 is 1. The highest BCUT2D eigenvalue weighted by Crippen LogP contribution is 2.36. The monoisotopic (exact) mass is 432 g/mol. The number of rotatable bonds is 8. The Labute approximate surface area is 183 Å². The maximum Gasteiger partial charge on any atom is 0.252 e. The number of nitrogens with zero attached hydrogens (tertiary/aromatic N) is 1. The van der Waals surface area contributed by atoms with E-state index in [0.29, 0.717) is 48.5 Å². The van der Waals surface area contributed by atoms with Gasteiger partial charge >= 0.3 is 0 Å². The van der Waals surface area contributed by atoms with Gasteiger partial charge in [-0.2, -0.15) is 0 Å². The van der Waals surface area contributed by atoms with E-state index in [4.69, 9.17) is 25.8 Å². The SMILES string of the molecule is CCOc1c(Cl)cc(C(=O)NC(CN2CCOCC2)c2ccc(C)cc2)cc1OC. The Bertz CT molecular complexity index is 851. The molecule has 6 nitrogen and oxygen atoms in total. The Kier molecular flexibility index (Phi) is 7.96. The van der Waals surface area contributed by atoms with Gasteiger partial charge in [0, 0.05) is 25.2 Å². The molecule has 2 aromatic rings. The van der Waals surface area contributed by atoms with Crippen LogP contribution in [0.5, 0.6) is 11.5 Å². The Morgan fingerprint density at radius 2 is 1.93 bits per heavy atom. The molecule has 0 spiro atoms. The van der Waals surface area contributed by atoms with Gasteiger partial charge in [-0.3, -0.25) is 9.69 Å². The van der Waals surface area contributed by atoms with Gasteiger partial charge in [-0.05, 0) is 31.5 Å². The summed E-state index contributed by atoms with van der Waals surface area (Å²) in [5, 5.41) is 3.52. The molecule has 30 heavy (non-hydrogen) atoms. The normalized spacial score (nSPS) is 15.5. The van der Waals surface area contributed by atoms with Crippen LogP contribution in [0.1, 0.15) is 34.5 Å². The number of morpholine rings is 1. The van der Waals surface area contributed by atoms with Crippen LogP contribution in [0.25, 0.3) is 0 Å². The van der Waals surface area contributed by atoms with Crippen molar-refractivity contribution < 1.29 is 19.0 Å². The highest BCUT2D eigenvalue weighted by atomic mass is 35.5. The van der Waals surface area contributed by atoms with E-state index in [-0.39, 0.29) is 11.9 Å². The lowest BCUT2D eigenvalue weighted by atomic mass is 10.0. The first-order chi connectivity index (χ1) is 14.5. The smallest absolute Gasteiger partial charge is 0.252 e. The fraction of sp³-hybridized carbons (Fsp3) is 0.435. The van der Waals surface area contributed by atoms with Gasteiger partial charge < -0.3 is 19.5 Å². The minimum Gasteiger partial charge on any atom is -0.493 e. The number of carbonyl (C=O) groups is 1. The van der Waals surface area contributed by atoms with Crippen LogP contribution in [0.3, 0.4) is 0 Å². The minimum atomic E-state index is -0.211. The zero-order chi connectivity index (χ0) is 21.5. The summed E-state index contributed by atoms with van der Waals surface area (Å²) in [5.41, 5.74) is 2.67. The molecule has 1 fully saturated rings. The van der Waals surface area contributed by atoms with Crippen molar-refractivity contribution in [3.8, 4) is 11.5 Å². The van der Waals surface area contributed by atoms with Crippen molar-refractivity contribution in [1.82, 2.24) is 10.2 Å². The lowest BCUT2D eigenvalue weighted by molar-refractivity contribution is 0.0332. The van der Waals surface area contributed by atoms with E-state index in [2.05, 4.69) is 34.5 Å². The lowest BCUT2D eigenvalue weighted by Crippen LogP contribution is -2.43. The average molecular weight is 433 g/mol. The molecule has 0 aromatic heterocycles. The third-order valence-corrected chi connectivity index (χ3v) is 5.39. The molecular formula is C23H29ClN2O4. The topological polar surface area (TPSA) is 60.0 Å². The first-order valence-electron chi connectivity index (χ1n) is 10.2. The van der Waals surface area contributed by atoms with Gasteiger partial charge in [-0.25, -0.2) is 0 Å². The van der Waals surface area contributed by atoms with Crippen LogP contribution in [0.4, 0.5) is 0 Å². The van der Waals surface area contributed by atoms with Crippen LogP contribution in [-0.4, -0.2) is 57.4 Å². The van der Waals surface area contributed by atoms with Gasteiger partial charge in [0.1, 0.15) is 0 Å². The summed E-state index contributed by atoms with van der Waals surface area (Å²) in [4.78, 5) is 15.4. The van der Waals surface area contributed by atoms with Crippen LogP contribution >= 0.6 is 11.6 Å². The average Bonchev–Trinajstić information content (AvgIpc) is 2.75. The second kappa shape index (κ2) is 10.7. The lowest BCUT2D eigenvalue weighted by Gasteiger charge is -2.31. The molecule has 1 unspecified atom stereocenters. The van der Waals surface area contributed by atoms with E-state index in [1.165, 1.54) is 12.7 Å². The first kappa shape index (κ1) is 22.4. The van der Waals surface area contributed by atoms with Crippen molar-refractivity contribution in [2.75, 3.05) is 46.6 Å². The van der Waals surface area contributed by atoms with Gasteiger partial charge in [-0.15, -0.1) is 0 Å². The summed E-state index contributed by atoms with van der Waals surface area (Å²) in [6.07, 6.45) is 0. The summed E-state index contributed by atoms with van der Waals surface area (Å²) in [6.45, 7) is 8.20. The molecule has 1 N–H and O–H groups in total. The number of halogens is 1. The van der Waals surface area contributed by atoms with E-state index >= 15 is 0 Å². The van der Waals surface area contributed by atoms with Crippen molar-refractivity contribution in [2.24, 2.45) is 0 Å². The van der Waals surface area contributed by atoms with Crippen molar-refractivity contribution in [3.05, 3.63) is 58.1 Å². The van der Waals surface area contributed by atoms with Crippen LogP contribution in [0.2, 0.25) is 5.02 Å². The summed E-state index contributed by atoms with van der Waals surface area (Å²) in [6, 6.07) is 11.4. The summed E-state index contributed by atoms with van der Waals surface area (Å²) >= 11 is 6.36. The van der Waals surface area contributed by atoms with Gasteiger partial charge in [0.05, 0.1) is 38.0 Å². The number of carbonyl (C=O) groups excluding carboxylic acids is 1. The second-order valence-corrected chi connectivity index (χ2v) is 7.68. The van der Waals surface area contributed by atoms with Crippen LogP contribution < -0.4 is 14.8 Å². The van der Waals surface area contributed by atoms with E-state index in [0.717, 1.165) is 18.7 Å². The molecule has 1 aliphatic heterocycles. The predicted octanol–water partition coefficient (Wildman–Crippen LogP) is 3.86. The first-order valence-corrected chi connectivity index (χ1v) is 10.6. The molecule has 3 rings (SSSR count). The Morgan fingerprint density at radius 1 is 1.23 bits per heavy atom. The van der Waals surface area contributed by atoms with Crippen molar-refractivity contribution in [1.29, 1.82) is 0 Å². The van der Waals surface area contributed by atoms with Gasteiger partial charge in [0.2, 0.25) is 0 Å². The number of amides is 1. The molecule has 2 aromatic carbocycles. The zero-order valence-electron chi connectivity index (χ0n) is 17.7. The molecule has 1 aliphatic rings. The molecular weight excluding hydrogens is 404 g/mol. The van der Waals surface area contributed by atoms with Crippen molar-refractivity contribution in [3.63, 3.8) is 0 Å². The second-order valence-electron chi connectivity index (χ2n) is 7.27. The Balaban J connectivity index is 1.83. The molecule has 0 aliphatic carbocycles. The molecule has 7 heteroatoms. The van der Waals surface area contributed by atoms with Gasteiger partial charge in [0.25, 0.3) is 5.91 Å². The van der Waals surface area contributed by atoms with Crippen molar-refractivity contribution in [2.45, 2.75) is 19.9 Å². The van der Waals surface area contributed by atoms with Crippen LogP contribution in [0, 0.1) is 6.92 Å². The van der Waals surface area contributed by atoms with Gasteiger partial charge in [0.15, 0.2) is 11.5 Å². The third kappa shape index (κ3) is 5.65. The zero-order valence-corrected chi connectivity index (χ0v) is 18.5. The predicted molar refractivity (Wildman–Crippen MR) is 118 cm³/mol. The quantitative estimate of drug-likeness (QED) is 0.686. The number of aryl methyl sites for hydroxylation is 1. The van der Waals surface area contributed by atoms with Gasteiger partial charge in [-0.1, -0.05) is 41.4 Å². The molecule has 0 radical (unpaired) electrons. The van der Waals surface area contributed by atoms with Crippen LogP contribution in [-0.2, 0) is 4.74 Å². The molecule has 0 saturated carbocycles. The van der Waals surface area contributed by atoms with E-state index in [1.54, 1.807) is 12.1 Å². The van der Waals surface area contributed by atoms with E-state index in [1.807, 2.05) is 13.8 Å². The number of ether oxygens (including phenoxy) is 3. The fourth-order valence-electron chi connectivity index (χ4n) is 3.45. The van der Waals surface area contributed by atoms with E-state index < -0.39 is 0 Å². The summed E-state index contributed by atoms with van der Waals surface area (Å²) < 4.78 is 16.4. The number of nitrogens with one attached hydrogen (secondary N) is 1. The Hall–Kier alpha value is -2.28. The van der Waals surface area contributed by atoms with E-state index in [9.17, 15) is 4.79 Å². The van der Waals surface area contributed by atoms with Crippen molar-refractivity contribution >= 4 is 17.5 Å². The highest BCUT2D eigenvalue weighted by molar-refractivity contribution is 6.32. The molecule has 1 amide bonds. The fourth-order valence-corrected chi connectivity index (χ4v) is 3.72. The molecule has 162 valence electrons. The summed E-state index contributed by atoms with van der Waals surface area (Å²) in [5.74, 6) is 0.674.